The molecule has 2 aromatic rings. The van der Waals surface area contributed by atoms with Crippen LogP contribution in [-0.2, 0) is 4.79 Å². The smallest absolute Gasteiger partial charge is 0.313 e. The van der Waals surface area contributed by atoms with Crippen molar-refractivity contribution in [1.82, 2.24) is 9.55 Å². The fourth-order valence-corrected chi connectivity index (χ4v) is 4.66. The predicted octanol–water partition coefficient (Wildman–Crippen LogP) is 3.59. The van der Waals surface area contributed by atoms with Crippen molar-refractivity contribution >= 4 is 40.5 Å². The molecule has 0 spiro atoms. The number of hydrogen-bond donors (Lipinski definition) is 1. The highest BCUT2D eigenvalue weighted by Crippen LogP contribution is 2.35. The monoisotopic (exact) mass is 322 g/mol. The van der Waals surface area contributed by atoms with Crippen molar-refractivity contribution in [3.8, 4) is 0 Å². The fourth-order valence-electron chi connectivity index (χ4n) is 2.74. The average Bonchev–Trinajstić information content (AvgIpc) is 2.86. The maximum absolute atomic E-state index is 10.9. The molecule has 0 radical (unpaired) electrons. The lowest BCUT2D eigenvalue weighted by Gasteiger charge is -2.25. The van der Waals surface area contributed by atoms with Crippen molar-refractivity contribution in [2.75, 3.05) is 17.3 Å². The van der Waals surface area contributed by atoms with Crippen LogP contribution >= 0.6 is 23.5 Å². The van der Waals surface area contributed by atoms with Crippen LogP contribution < -0.4 is 0 Å². The number of aliphatic carboxylic acids is 1. The molecule has 1 aromatic heterocycles. The molecule has 1 atom stereocenters. The van der Waals surface area contributed by atoms with Crippen LogP contribution in [0.3, 0.4) is 0 Å². The standard InChI is InChI=1S/C15H18N2O2S2/c1-10-4-2-6-12-14(10)16-15(21-9-13(18)19)17(12)11-5-3-7-20-8-11/h2,4,6,11H,3,5,7-9H2,1H3,(H,18,19). The maximum atomic E-state index is 10.9. The first-order chi connectivity index (χ1) is 10.2. The highest BCUT2D eigenvalue weighted by Gasteiger charge is 2.22. The van der Waals surface area contributed by atoms with Crippen LogP contribution in [0.15, 0.2) is 23.4 Å². The Kier molecular flexibility index (Phi) is 4.45. The van der Waals surface area contributed by atoms with Crippen molar-refractivity contribution in [3.63, 3.8) is 0 Å². The Balaban J connectivity index is 2.06. The van der Waals surface area contributed by atoms with Crippen molar-refractivity contribution in [2.45, 2.75) is 31.0 Å². The third-order valence-corrected chi connectivity index (χ3v) is 5.85. The van der Waals surface area contributed by atoms with Gasteiger partial charge in [-0.05, 0) is 37.1 Å². The molecule has 1 N–H and O–H groups in total. The minimum atomic E-state index is -0.798. The first-order valence-corrected chi connectivity index (χ1v) is 9.20. The van der Waals surface area contributed by atoms with Gasteiger partial charge in [-0.3, -0.25) is 4.79 Å². The number of hydrogen-bond acceptors (Lipinski definition) is 4. The number of benzene rings is 1. The minimum absolute atomic E-state index is 0.0578. The number of para-hydroxylation sites is 1. The van der Waals surface area contributed by atoms with Gasteiger partial charge in [0.15, 0.2) is 5.16 Å². The summed E-state index contributed by atoms with van der Waals surface area (Å²) in [7, 11) is 0. The maximum Gasteiger partial charge on any atom is 0.313 e. The van der Waals surface area contributed by atoms with Crippen molar-refractivity contribution in [1.29, 1.82) is 0 Å². The number of carbonyl (C=O) groups is 1. The molecule has 6 heteroatoms. The van der Waals surface area contributed by atoms with Gasteiger partial charge < -0.3 is 9.67 Å². The molecule has 0 bridgehead atoms. The number of aromatic nitrogens is 2. The molecule has 2 heterocycles. The largest absolute Gasteiger partial charge is 0.481 e. The molecule has 1 aliphatic rings. The van der Waals surface area contributed by atoms with E-state index in [-0.39, 0.29) is 5.75 Å². The first kappa shape index (κ1) is 14.8. The quantitative estimate of drug-likeness (QED) is 0.872. The number of nitrogens with zero attached hydrogens (tertiary/aromatic N) is 2. The summed E-state index contributed by atoms with van der Waals surface area (Å²) in [6.45, 7) is 2.06. The number of rotatable bonds is 4. The molecule has 3 rings (SSSR count). The summed E-state index contributed by atoms with van der Waals surface area (Å²) in [4.78, 5) is 15.6. The van der Waals surface area contributed by atoms with Crippen LogP contribution in [0, 0.1) is 6.92 Å². The highest BCUT2D eigenvalue weighted by atomic mass is 32.2. The van der Waals surface area contributed by atoms with E-state index >= 15 is 0 Å². The number of carboxylic acids is 1. The lowest BCUT2D eigenvalue weighted by atomic mass is 10.1. The molecule has 21 heavy (non-hydrogen) atoms. The van der Waals surface area contributed by atoms with Gasteiger partial charge in [0.05, 0.1) is 16.8 Å². The number of carboxylic acid groups (broad SMARTS) is 1. The number of aryl methyl sites for hydroxylation is 1. The van der Waals surface area contributed by atoms with Gasteiger partial charge in [0, 0.05) is 11.8 Å². The third-order valence-electron chi connectivity index (χ3n) is 3.72. The SMILES string of the molecule is Cc1cccc2c1nc(SCC(=O)O)n2C1CCCSC1. The zero-order valence-corrected chi connectivity index (χ0v) is 13.5. The van der Waals surface area contributed by atoms with Gasteiger partial charge in [-0.15, -0.1) is 0 Å². The average molecular weight is 322 g/mol. The van der Waals surface area contributed by atoms with Gasteiger partial charge in [0.2, 0.25) is 0 Å². The van der Waals surface area contributed by atoms with E-state index in [9.17, 15) is 4.79 Å². The number of imidazole rings is 1. The van der Waals surface area contributed by atoms with Gasteiger partial charge in [-0.2, -0.15) is 11.8 Å². The number of fused-ring (bicyclic) bond motifs is 1. The van der Waals surface area contributed by atoms with Gasteiger partial charge in [0.1, 0.15) is 0 Å². The highest BCUT2D eigenvalue weighted by molar-refractivity contribution is 8.00. The van der Waals surface area contributed by atoms with Crippen molar-refractivity contribution in [3.05, 3.63) is 23.8 Å². The second-order valence-electron chi connectivity index (χ2n) is 5.26. The zero-order valence-electron chi connectivity index (χ0n) is 11.9. The molecule has 4 nitrogen and oxygen atoms in total. The van der Waals surface area contributed by atoms with E-state index < -0.39 is 5.97 Å². The van der Waals surface area contributed by atoms with Gasteiger partial charge >= 0.3 is 5.97 Å². The van der Waals surface area contributed by atoms with Gasteiger partial charge in [-0.25, -0.2) is 4.98 Å². The fraction of sp³-hybridized carbons (Fsp3) is 0.467. The van der Waals surface area contributed by atoms with Gasteiger partial charge in [0.25, 0.3) is 0 Å². The van der Waals surface area contributed by atoms with Crippen LogP contribution in [0.2, 0.25) is 0 Å². The molecule has 1 fully saturated rings. The van der Waals surface area contributed by atoms with Gasteiger partial charge in [-0.1, -0.05) is 23.9 Å². The van der Waals surface area contributed by atoms with Crippen LogP contribution in [0.4, 0.5) is 0 Å². The minimum Gasteiger partial charge on any atom is -0.481 e. The van der Waals surface area contributed by atoms with E-state index in [4.69, 9.17) is 10.1 Å². The molecular weight excluding hydrogens is 304 g/mol. The molecule has 0 aliphatic carbocycles. The topological polar surface area (TPSA) is 55.1 Å². The Labute approximate surface area is 132 Å². The summed E-state index contributed by atoms with van der Waals surface area (Å²) in [5.74, 6) is 1.57. The van der Waals surface area contributed by atoms with E-state index in [0.29, 0.717) is 6.04 Å². The van der Waals surface area contributed by atoms with E-state index in [1.54, 1.807) is 0 Å². The second kappa shape index (κ2) is 6.32. The molecule has 1 saturated heterocycles. The second-order valence-corrected chi connectivity index (χ2v) is 7.35. The van der Waals surface area contributed by atoms with Crippen LogP contribution in [0.5, 0.6) is 0 Å². The molecule has 1 unspecified atom stereocenters. The summed E-state index contributed by atoms with van der Waals surface area (Å²) in [5, 5.41) is 9.79. The summed E-state index contributed by atoms with van der Waals surface area (Å²) >= 11 is 3.30. The Morgan fingerprint density at radius 2 is 2.43 bits per heavy atom. The van der Waals surface area contributed by atoms with Crippen LogP contribution in [0.1, 0.15) is 24.4 Å². The van der Waals surface area contributed by atoms with E-state index in [1.807, 2.05) is 11.8 Å². The Bertz CT molecular complexity index is 663. The normalized spacial score (nSPS) is 19.0. The van der Waals surface area contributed by atoms with E-state index in [0.717, 1.165) is 33.9 Å². The molecular formula is C15H18N2O2S2. The molecule has 1 aliphatic heterocycles. The molecule has 1 aromatic carbocycles. The molecule has 112 valence electrons. The Morgan fingerprint density at radius 3 is 3.14 bits per heavy atom. The Morgan fingerprint density at radius 1 is 1.57 bits per heavy atom. The summed E-state index contributed by atoms with van der Waals surface area (Å²) in [6, 6.07) is 6.63. The summed E-state index contributed by atoms with van der Waals surface area (Å²) in [5.41, 5.74) is 3.28. The molecule has 0 amide bonds. The number of thioether (sulfide) groups is 2. The lowest BCUT2D eigenvalue weighted by Crippen LogP contribution is -2.17. The van der Waals surface area contributed by atoms with Crippen molar-refractivity contribution in [2.24, 2.45) is 0 Å². The lowest BCUT2D eigenvalue weighted by molar-refractivity contribution is -0.133. The van der Waals surface area contributed by atoms with Crippen LogP contribution in [-0.4, -0.2) is 37.9 Å². The Hall–Kier alpha value is -1.14. The van der Waals surface area contributed by atoms with E-state index in [2.05, 4.69) is 29.7 Å². The van der Waals surface area contributed by atoms with E-state index in [1.165, 1.54) is 23.9 Å². The summed E-state index contributed by atoms with van der Waals surface area (Å²) in [6.07, 6.45) is 2.36. The van der Waals surface area contributed by atoms with Crippen LogP contribution in [0.25, 0.3) is 11.0 Å². The van der Waals surface area contributed by atoms with Crippen molar-refractivity contribution < 1.29 is 9.90 Å². The third kappa shape index (κ3) is 3.06. The molecule has 0 saturated carbocycles. The first-order valence-electron chi connectivity index (χ1n) is 7.06. The predicted molar refractivity (Wildman–Crippen MR) is 88.4 cm³/mol. The summed E-state index contributed by atoms with van der Waals surface area (Å²) < 4.78 is 2.27. The zero-order chi connectivity index (χ0) is 14.8.